The Bertz CT molecular complexity index is 1640. The largest absolute Gasteiger partial charge is 0.461 e. The highest BCUT2D eigenvalue weighted by Crippen LogP contribution is 2.49. The van der Waals surface area contributed by atoms with Crippen LogP contribution in [0.3, 0.4) is 0 Å². The normalized spacial score (nSPS) is 28.9. The molecular weight excluding hydrogens is 590 g/mol. The first-order chi connectivity index (χ1) is 22.9. The van der Waals surface area contributed by atoms with Crippen molar-refractivity contribution in [3.8, 4) is 6.01 Å². The lowest BCUT2D eigenvalue weighted by molar-refractivity contribution is -0.0397. The SMILES string of the molecule is Cc1cc2c(cnn2C2CCCCO2)c(N2CCc3c(nc(OCC45CCCN4CCC5)nc3N3CCCC4(CC(O)C4)C3)C2)c1C. The average Bonchev–Trinajstić information content (AvgIpc) is 3.78. The summed E-state index contributed by atoms with van der Waals surface area (Å²) in [6.45, 7) is 11.9. The number of benzene rings is 1. The summed E-state index contributed by atoms with van der Waals surface area (Å²) in [5, 5.41) is 16.3. The molecule has 10 heteroatoms. The third-order valence-corrected chi connectivity index (χ3v) is 12.7. The molecule has 5 aliphatic heterocycles. The number of aliphatic hydroxyl groups excluding tert-OH is 1. The fourth-order valence-electron chi connectivity index (χ4n) is 10.2. The number of aliphatic hydroxyl groups is 1. The van der Waals surface area contributed by atoms with E-state index in [1.54, 1.807) is 0 Å². The number of hydrogen-bond donors (Lipinski definition) is 1. The molecule has 9 rings (SSSR count). The molecule has 0 radical (unpaired) electrons. The molecule has 1 saturated carbocycles. The van der Waals surface area contributed by atoms with Gasteiger partial charge in [0, 0.05) is 37.2 Å². The van der Waals surface area contributed by atoms with Crippen LogP contribution in [0.2, 0.25) is 0 Å². The summed E-state index contributed by atoms with van der Waals surface area (Å²) < 4.78 is 14.9. The van der Waals surface area contributed by atoms with Gasteiger partial charge in [0.2, 0.25) is 0 Å². The molecular formula is C37H51N7O3. The van der Waals surface area contributed by atoms with Crippen LogP contribution in [0, 0.1) is 19.3 Å². The van der Waals surface area contributed by atoms with Crippen LogP contribution in [0.15, 0.2) is 12.3 Å². The molecule has 5 fully saturated rings. The lowest BCUT2D eigenvalue weighted by Crippen LogP contribution is -2.53. The molecule has 0 amide bonds. The van der Waals surface area contributed by atoms with E-state index in [0.29, 0.717) is 12.6 Å². The first kappa shape index (κ1) is 30.1. The summed E-state index contributed by atoms with van der Waals surface area (Å²) in [6.07, 6.45) is 15.2. The van der Waals surface area contributed by atoms with Gasteiger partial charge in [-0.25, -0.2) is 4.68 Å². The zero-order valence-corrected chi connectivity index (χ0v) is 28.3. The van der Waals surface area contributed by atoms with Gasteiger partial charge in [-0.2, -0.15) is 15.1 Å². The minimum Gasteiger partial charge on any atom is -0.461 e. The Morgan fingerprint density at radius 3 is 2.60 bits per heavy atom. The van der Waals surface area contributed by atoms with Crippen molar-refractivity contribution in [2.75, 3.05) is 55.7 Å². The van der Waals surface area contributed by atoms with Gasteiger partial charge in [-0.05, 0) is 127 Å². The van der Waals surface area contributed by atoms with Crippen molar-refractivity contribution in [2.24, 2.45) is 5.41 Å². The summed E-state index contributed by atoms with van der Waals surface area (Å²) in [4.78, 5) is 18.1. The van der Waals surface area contributed by atoms with E-state index in [9.17, 15) is 5.11 Å². The second-order valence-electron chi connectivity index (χ2n) is 15.7. The van der Waals surface area contributed by atoms with Crippen molar-refractivity contribution in [1.29, 1.82) is 0 Å². The Morgan fingerprint density at radius 1 is 0.979 bits per heavy atom. The van der Waals surface area contributed by atoms with Gasteiger partial charge in [0.1, 0.15) is 12.4 Å². The average molecular weight is 642 g/mol. The Kier molecular flexibility index (Phi) is 7.43. The predicted molar refractivity (Wildman–Crippen MR) is 182 cm³/mol. The van der Waals surface area contributed by atoms with Crippen LogP contribution >= 0.6 is 0 Å². The van der Waals surface area contributed by atoms with E-state index in [-0.39, 0.29) is 23.3 Å². The maximum absolute atomic E-state index is 10.2. The van der Waals surface area contributed by atoms with Crippen LogP contribution in [0.25, 0.3) is 10.9 Å². The molecule has 0 bridgehead atoms. The summed E-state index contributed by atoms with van der Waals surface area (Å²) >= 11 is 0. The molecule has 1 unspecified atom stereocenters. The van der Waals surface area contributed by atoms with Crippen LogP contribution in [-0.4, -0.2) is 87.3 Å². The standard InChI is InChI=1S/C37H51N7O3/c1-25-18-31-29(21-38-44(31)32-8-3-4-17-46-32)33(26(25)2)41-16-9-28-30(22-41)39-35(47-24-37-11-6-14-43(37)15-7-12-37)40-34(28)42-13-5-10-36(23-42)19-27(45)20-36/h18,21,27,32,45H,3-17,19-20,22-24H2,1-2H3. The Labute approximate surface area is 278 Å². The minimum atomic E-state index is -0.148. The van der Waals surface area contributed by atoms with Gasteiger partial charge in [0.25, 0.3) is 0 Å². The molecule has 1 N–H and O–H groups in total. The fourth-order valence-corrected chi connectivity index (χ4v) is 10.2. The van der Waals surface area contributed by atoms with Crippen LogP contribution in [0.4, 0.5) is 11.5 Å². The number of fused-ring (bicyclic) bond motifs is 3. The van der Waals surface area contributed by atoms with E-state index in [1.807, 2.05) is 0 Å². The third-order valence-electron chi connectivity index (χ3n) is 12.7. The summed E-state index contributed by atoms with van der Waals surface area (Å²) in [7, 11) is 0. The Hall–Kier alpha value is -2.95. The number of anilines is 2. The fraction of sp³-hybridized carbons (Fsp3) is 0.703. The van der Waals surface area contributed by atoms with Crippen molar-refractivity contribution in [3.05, 3.63) is 34.6 Å². The van der Waals surface area contributed by atoms with Crippen molar-refractivity contribution < 1.29 is 14.6 Å². The summed E-state index contributed by atoms with van der Waals surface area (Å²) in [5.41, 5.74) is 7.74. The highest BCUT2D eigenvalue weighted by molar-refractivity contribution is 5.95. The summed E-state index contributed by atoms with van der Waals surface area (Å²) in [6, 6.07) is 2.83. The van der Waals surface area contributed by atoms with Gasteiger partial charge >= 0.3 is 6.01 Å². The number of nitrogens with zero attached hydrogens (tertiary/aromatic N) is 7. The van der Waals surface area contributed by atoms with Gasteiger partial charge in [-0.1, -0.05) is 0 Å². The van der Waals surface area contributed by atoms with Gasteiger partial charge in [0.05, 0.1) is 41.3 Å². The van der Waals surface area contributed by atoms with Gasteiger partial charge < -0.3 is 24.4 Å². The van der Waals surface area contributed by atoms with E-state index in [2.05, 4.69) is 45.5 Å². The highest BCUT2D eigenvalue weighted by atomic mass is 16.5. The lowest BCUT2D eigenvalue weighted by atomic mass is 9.62. The predicted octanol–water partition coefficient (Wildman–Crippen LogP) is 5.45. The number of hydrogen-bond acceptors (Lipinski definition) is 9. The molecule has 10 nitrogen and oxygen atoms in total. The van der Waals surface area contributed by atoms with Gasteiger partial charge in [-0.15, -0.1) is 0 Å². The number of ether oxygens (including phenoxy) is 2. The summed E-state index contributed by atoms with van der Waals surface area (Å²) in [5.74, 6) is 1.07. The van der Waals surface area contributed by atoms with E-state index in [4.69, 9.17) is 24.5 Å². The molecule has 7 heterocycles. The Morgan fingerprint density at radius 2 is 1.81 bits per heavy atom. The van der Waals surface area contributed by atoms with Crippen LogP contribution < -0.4 is 14.5 Å². The Balaban J connectivity index is 1.06. The number of piperidine rings is 1. The van der Waals surface area contributed by atoms with E-state index < -0.39 is 0 Å². The smallest absolute Gasteiger partial charge is 0.318 e. The quantitative estimate of drug-likeness (QED) is 0.377. The molecule has 1 aromatic carbocycles. The van der Waals surface area contributed by atoms with E-state index in [1.165, 1.54) is 79.4 Å². The van der Waals surface area contributed by atoms with Crippen LogP contribution in [0.5, 0.6) is 6.01 Å². The highest BCUT2D eigenvalue weighted by Gasteiger charge is 2.47. The first-order valence-electron chi connectivity index (χ1n) is 18.5. The topological polar surface area (TPSA) is 92.0 Å². The van der Waals surface area contributed by atoms with E-state index >= 15 is 0 Å². The number of aryl methyl sites for hydroxylation is 1. The van der Waals surface area contributed by atoms with Crippen molar-refractivity contribution in [3.63, 3.8) is 0 Å². The zero-order valence-electron chi connectivity index (χ0n) is 28.3. The third kappa shape index (κ3) is 5.12. The van der Waals surface area contributed by atoms with Crippen LogP contribution in [-0.2, 0) is 17.7 Å². The lowest BCUT2D eigenvalue weighted by Gasteiger charge is -2.52. The molecule has 2 aromatic heterocycles. The van der Waals surface area contributed by atoms with Crippen LogP contribution in [0.1, 0.15) is 99.2 Å². The van der Waals surface area contributed by atoms with Crippen molar-refractivity contribution in [1.82, 2.24) is 24.6 Å². The molecule has 3 aromatic rings. The van der Waals surface area contributed by atoms with E-state index in [0.717, 1.165) is 88.3 Å². The number of rotatable bonds is 6. The second kappa shape index (κ2) is 11.6. The van der Waals surface area contributed by atoms with Crippen molar-refractivity contribution in [2.45, 2.75) is 115 Å². The first-order valence-corrected chi connectivity index (χ1v) is 18.5. The van der Waals surface area contributed by atoms with Gasteiger partial charge in [0.15, 0.2) is 6.23 Å². The molecule has 1 atom stereocenters. The van der Waals surface area contributed by atoms with Crippen molar-refractivity contribution >= 4 is 22.4 Å². The monoisotopic (exact) mass is 641 g/mol. The molecule has 1 spiro atoms. The number of aromatic nitrogens is 4. The molecule has 1 aliphatic carbocycles. The molecule has 47 heavy (non-hydrogen) atoms. The zero-order chi connectivity index (χ0) is 31.8. The maximum Gasteiger partial charge on any atom is 0.318 e. The van der Waals surface area contributed by atoms with Gasteiger partial charge in [-0.3, -0.25) is 4.90 Å². The molecule has 4 saturated heterocycles. The second-order valence-corrected chi connectivity index (χ2v) is 15.7. The molecule has 6 aliphatic rings. The molecule has 252 valence electrons. The maximum atomic E-state index is 10.2. The minimum absolute atomic E-state index is 0.00744.